The number of thioether (sulfide) groups is 1. The summed E-state index contributed by atoms with van der Waals surface area (Å²) in [5.74, 6) is 0.138. The van der Waals surface area contributed by atoms with Crippen molar-refractivity contribution in [3.05, 3.63) is 41.5 Å². The molecule has 0 saturated carbocycles. The lowest BCUT2D eigenvalue weighted by atomic mass is 9.87. The van der Waals surface area contributed by atoms with Gasteiger partial charge in [0.05, 0.1) is 12.2 Å². The monoisotopic (exact) mass is 317 g/mol. The Morgan fingerprint density at radius 2 is 1.91 bits per heavy atom. The lowest BCUT2D eigenvalue weighted by Gasteiger charge is -2.42. The van der Waals surface area contributed by atoms with Crippen LogP contribution in [-0.4, -0.2) is 42.4 Å². The van der Waals surface area contributed by atoms with E-state index in [-0.39, 0.29) is 11.5 Å². The Bertz CT molecular complexity index is 571. The molecule has 0 aromatic heterocycles. The molecule has 0 N–H and O–H groups in total. The topological polar surface area (TPSA) is 29.5 Å². The SMILES string of the molecule is CSc1ccc(C(=O)N2CCC3(C=C(C)CCO3)CC2)cc1. The summed E-state index contributed by atoms with van der Waals surface area (Å²) in [4.78, 5) is 15.7. The van der Waals surface area contributed by atoms with Crippen LogP contribution in [0.4, 0.5) is 0 Å². The van der Waals surface area contributed by atoms with E-state index in [1.54, 1.807) is 11.8 Å². The Hall–Kier alpha value is -1.26. The number of benzene rings is 1. The second-order valence-electron chi connectivity index (χ2n) is 6.17. The number of hydrogen-bond acceptors (Lipinski definition) is 3. The zero-order valence-corrected chi connectivity index (χ0v) is 14.1. The molecular formula is C18H23NO2S. The van der Waals surface area contributed by atoms with Gasteiger partial charge in [0.25, 0.3) is 5.91 Å². The molecule has 2 aliphatic rings. The largest absolute Gasteiger partial charge is 0.370 e. The van der Waals surface area contributed by atoms with E-state index < -0.39 is 0 Å². The lowest BCUT2D eigenvalue weighted by molar-refractivity contribution is -0.0522. The van der Waals surface area contributed by atoms with Crippen LogP contribution in [0.3, 0.4) is 0 Å². The van der Waals surface area contributed by atoms with Crippen molar-refractivity contribution in [3.8, 4) is 0 Å². The molecule has 0 bridgehead atoms. The first-order valence-electron chi connectivity index (χ1n) is 7.87. The fourth-order valence-corrected chi connectivity index (χ4v) is 3.68. The molecule has 1 amide bonds. The van der Waals surface area contributed by atoms with E-state index in [4.69, 9.17) is 4.74 Å². The molecule has 3 rings (SSSR count). The lowest BCUT2D eigenvalue weighted by Crippen LogP contribution is -2.48. The Kier molecular flexibility index (Phi) is 4.59. The molecule has 0 unspecified atom stereocenters. The molecule has 118 valence electrons. The molecule has 1 spiro atoms. The van der Waals surface area contributed by atoms with Crippen LogP contribution in [0.1, 0.15) is 36.5 Å². The average molecular weight is 317 g/mol. The average Bonchev–Trinajstić information content (AvgIpc) is 2.55. The van der Waals surface area contributed by atoms with Crippen LogP contribution in [0.25, 0.3) is 0 Å². The molecule has 3 nitrogen and oxygen atoms in total. The van der Waals surface area contributed by atoms with Gasteiger partial charge in [0.1, 0.15) is 0 Å². The van der Waals surface area contributed by atoms with E-state index in [2.05, 4.69) is 13.0 Å². The van der Waals surface area contributed by atoms with Crippen LogP contribution in [-0.2, 0) is 4.74 Å². The van der Waals surface area contributed by atoms with Crippen molar-refractivity contribution in [2.75, 3.05) is 26.0 Å². The number of rotatable bonds is 2. The third-order valence-corrected chi connectivity index (χ3v) is 5.37. The smallest absolute Gasteiger partial charge is 0.253 e. The number of carbonyl (C=O) groups is 1. The molecule has 22 heavy (non-hydrogen) atoms. The molecule has 1 saturated heterocycles. The van der Waals surface area contributed by atoms with E-state index in [9.17, 15) is 4.79 Å². The van der Waals surface area contributed by atoms with Crippen molar-refractivity contribution in [1.29, 1.82) is 0 Å². The van der Waals surface area contributed by atoms with Gasteiger partial charge in [0.15, 0.2) is 0 Å². The molecule has 2 heterocycles. The minimum absolute atomic E-state index is 0.123. The van der Waals surface area contributed by atoms with Crippen LogP contribution < -0.4 is 0 Å². The van der Waals surface area contributed by atoms with Crippen molar-refractivity contribution in [3.63, 3.8) is 0 Å². The molecule has 0 aliphatic carbocycles. The van der Waals surface area contributed by atoms with Crippen LogP contribution in [0.15, 0.2) is 40.8 Å². The zero-order valence-electron chi connectivity index (χ0n) is 13.3. The Morgan fingerprint density at radius 3 is 2.50 bits per heavy atom. The van der Waals surface area contributed by atoms with Crippen LogP contribution >= 0.6 is 11.8 Å². The fourth-order valence-electron chi connectivity index (χ4n) is 3.27. The van der Waals surface area contributed by atoms with Gasteiger partial charge in [0, 0.05) is 23.5 Å². The third-order valence-electron chi connectivity index (χ3n) is 4.63. The van der Waals surface area contributed by atoms with Crippen LogP contribution in [0.2, 0.25) is 0 Å². The predicted octanol–water partition coefficient (Wildman–Crippen LogP) is 3.75. The number of likely N-dealkylation sites (tertiary alicyclic amines) is 1. The van der Waals surface area contributed by atoms with Gasteiger partial charge >= 0.3 is 0 Å². The fraction of sp³-hybridized carbons (Fsp3) is 0.500. The van der Waals surface area contributed by atoms with Crippen molar-refractivity contribution in [2.45, 2.75) is 36.7 Å². The molecule has 1 aromatic rings. The number of nitrogens with zero attached hydrogens (tertiary/aromatic N) is 1. The Labute approximate surface area is 136 Å². The van der Waals surface area contributed by atoms with Gasteiger partial charge in [-0.3, -0.25) is 4.79 Å². The molecular weight excluding hydrogens is 294 g/mol. The van der Waals surface area contributed by atoms with Gasteiger partial charge in [-0.15, -0.1) is 11.8 Å². The summed E-state index contributed by atoms with van der Waals surface area (Å²) in [5, 5.41) is 0. The minimum atomic E-state index is -0.123. The summed E-state index contributed by atoms with van der Waals surface area (Å²) in [5.41, 5.74) is 2.07. The third kappa shape index (κ3) is 3.23. The van der Waals surface area contributed by atoms with Crippen molar-refractivity contribution < 1.29 is 9.53 Å². The second kappa shape index (κ2) is 6.47. The summed E-state index contributed by atoms with van der Waals surface area (Å²) in [6, 6.07) is 7.89. The Morgan fingerprint density at radius 1 is 1.23 bits per heavy atom. The van der Waals surface area contributed by atoms with Gasteiger partial charge in [-0.2, -0.15) is 0 Å². The number of hydrogen-bond donors (Lipinski definition) is 0. The first-order chi connectivity index (χ1) is 10.6. The highest BCUT2D eigenvalue weighted by atomic mass is 32.2. The van der Waals surface area contributed by atoms with Crippen LogP contribution in [0, 0.1) is 0 Å². The molecule has 0 radical (unpaired) electrons. The highest BCUT2D eigenvalue weighted by Crippen LogP contribution is 2.33. The summed E-state index contributed by atoms with van der Waals surface area (Å²) in [6.07, 6.45) is 7.16. The quantitative estimate of drug-likeness (QED) is 0.614. The van der Waals surface area contributed by atoms with Gasteiger partial charge in [-0.25, -0.2) is 0 Å². The minimum Gasteiger partial charge on any atom is -0.370 e. The number of piperidine rings is 1. The summed E-state index contributed by atoms with van der Waals surface area (Å²) in [7, 11) is 0. The number of ether oxygens (including phenoxy) is 1. The molecule has 1 aromatic carbocycles. The van der Waals surface area contributed by atoms with Crippen molar-refractivity contribution in [1.82, 2.24) is 4.90 Å². The van der Waals surface area contributed by atoms with E-state index in [0.717, 1.165) is 44.5 Å². The molecule has 0 atom stereocenters. The maximum absolute atomic E-state index is 12.6. The van der Waals surface area contributed by atoms with E-state index in [1.807, 2.05) is 35.4 Å². The van der Waals surface area contributed by atoms with Crippen molar-refractivity contribution in [2.24, 2.45) is 0 Å². The van der Waals surface area contributed by atoms with Crippen LogP contribution in [0.5, 0.6) is 0 Å². The van der Waals surface area contributed by atoms with Gasteiger partial charge in [0.2, 0.25) is 0 Å². The molecule has 1 fully saturated rings. The highest BCUT2D eigenvalue weighted by molar-refractivity contribution is 7.98. The molecule has 2 aliphatic heterocycles. The number of carbonyl (C=O) groups excluding carboxylic acids is 1. The van der Waals surface area contributed by atoms with Gasteiger partial charge in [-0.05, 0) is 56.7 Å². The highest BCUT2D eigenvalue weighted by Gasteiger charge is 2.36. The zero-order chi connectivity index (χ0) is 15.6. The van der Waals surface area contributed by atoms with Gasteiger partial charge in [-0.1, -0.05) is 11.6 Å². The number of amides is 1. The van der Waals surface area contributed by atoms with E-state index in [1.165, 1.54) is 10.5 Å². The molecule has 4 heteroatoms. The van der Waals surface area contributed by atoms with E-state index >= 15 is 0 Å². The first kappa shape index (κ1) is 15.6. The standard InChI is InChI=1S/C18H23NO2S/c1-14-7-12-21-18(13-14)8-10-19(11-9-18)17(20)15-3-5-16(22-2)6-4-15/h3-6,13H,7-12H2,1-2H3. The summed E-state index contributed by atoms with van der Waals surface area (Å²) >= 11 is 1.69. The summed E-state index contributed by atoms with van der Waals surface area (Å²) < 4.78 is 6.02. The maximum atomic E-state index is 12.6. The van der Waals surface area contributed by atoms with Gasteiger partial charge < -0.3 is 9.64 Å². The Balaban J connectivity index is 1.65. The van der Waals surface area contributed by atoms with E-state index in [0.29, 0.717) is 0 Å². The predicted molar refractivity (Wildman–Crippen MR) is 90.4 cm³/mol. The summed E-state index contributed by atoms with van der Waals surface area (Å²) in [6.45, 7) is 4.53. The van der Waals surface area contributed by atoms with Crippen molar-refractivity contribution >= 4 is 17.7 Å². The normalized spacial score (nSPS) is 20.8. The maximum Gasteiger partial charge on any atom is 0.253 e. The second-order valence-corrected chi connectivity index (χ2v) is 7.05. The first-order valence-corrected chi connectivity index (χ1v) is 9.10.